The number of hydrogen-bond donors (Lipinski definition) is 4. The van der Waals surface area contributed by atoms with Crippen LogP contribution in [0.1, 0.15) is 88.9 Å². The summed E-state index contributed by atoms with van der Waals surface area (Å²) in [5.41, 5.74) is -0.0678. The van der Waals surface area contributed by atoms with Crippen LogP contribution in [0.4, 0.5) is 5.69 Å². The summed E-state index contributed by atoms with van der Waals surface area (Å²) in [4.78, 5) is 13.9. The lowest BCUT2D eigenvalue weighted by molar-refractivity contribution is -1.19. The molecule has 1 aliphatic heterocycles. The number of nitrogens with one attached hydrogen (secondary N) is 1. The van der Waals surface area contributed by atoms with Gasteiger partial charge in [0.25, 0.3) is 0 Å². The van der Waals surface area contributed by atoms with Gasteiger partial charge in [-0.3, -0.25) is 0 Å². The predicted octanol–water partition coefficient (Wildman–Crippen LogP) is 6.34. The second-order valence-corrected chi connectivity index (χ2v) is 15.6. The maximum Gasteiger partial charge on any atom is 0.339 e. The van der Waals surface area contributed by atoms with E-state index < -0.39 is 16.8 Å². The topological polar surface area (TPSA) is 110 Å². The van der Waals surface area contributed by atoms with E-state index in [0.717, 1.165) is 36.5 Å². The van der Waals surface area contributed by atoms with Crippen LogP contribution in [-0.2, 0) is 4.74 Å². The van der Waals surface area contributed by atoms with Crippen LogP contribution in [-0.4, -0.2) is 40.5 Å². The summed E-state index contributed by atoms with van der Waals surface area (Å²) in [5.74, 6) is 1.64. The molecular formula is C36H44NO7+. The summed E-state index contributed by atoms with van der Waals surface area (Å²) in [7, 11) is 0. The molecule has 1 heterocycles. The summed E-state index contributed by atoms with van der Waals surface area (Å²) in [6.45, 7) is 7.39. The molecule has 6 unspecified atom stereocenters. The lowest BCUT2D eigenvalue weighted by Crippen LogP contribution is -3.02. The van der Waals surface area contributed by atoms with Crippen LogP contribution in [0.15, 0.2) is 36.4 Å². The molecule has 4 aliphatic carbocycles. The molecule has 4 saturated carbocycles. The number of carbonyl (C=O) groups excluding carboxylic acids is 1. The number of hydrogen-bond acceptors (Lipinski definition) is 7. The highest BCUT2D eigenvalue weighted by molar-refractivity contribution is 6.21. The van der Waals surface area contributed by atoms with E-state index in [9.17, 15) is 20.3 Å². The first-order chi connectivity index (χ1) is 21.0. The molecule has 2 bridgehead atoms. The Hall–Kier alpha value is -2.91. The van der Waals surface area contributed by atoms with Crippen molar-refractivity contribution < 1.29 is 39.8 Å². The first-order valence-electron chi connectivity index (χ1n) is 16.4. The zero-order chi connectivity index (χ0) is 30.6. The van der Waals surface area contributed by atoms with Gasteiger partial charge in [0.05, 0.1) is 10.9 Å². The lowest BCUT2D eigenvalue weighted by atomic mass is 9.41. The van der Waals surface area contributed by atoms with Gasteiger partial charge in [-0.15, -0.1) is 0 Å². The second-order valence-electron chi connectivity index (χ2n) is 15.6. The first-order valence-corrected chi connectivity index (χ1v) is 16.4. The van der Waals surface area contributed by atoms with E-state index in [1.165, 1.54) is 25.7 Å². The minimum atomic E-state index is -1.08. The summed E-state index contributed by atoms with van der Waals surface area (Å²) >= 11 is 0. The van der Waals surface area contributed by atoms with Crippen molar-refractivity contribution in [2.45, 2.75) is 84.2 Å². The Labute approximate surface area is 257 Å². The Bertz CT molecular complexity index is 1680. The Kier molecular flexibility index (Phi) is 6.20. The molecule has 0 amide bonds. The van der Waals surface area contributed by atoms with Gasteiger partial charge in [0, 0.05) is 11.5 Å². The number of carbonyl (C=O) groups is 1. The summed E-state index contributed by atoms with van der Waals surface area (Å²) < 4.78 is 17.6. The number of benzene rings is 3. The van der Waals surface area contributed by atoms with E-state index >= 15 is 0 Å². The number of rotatable bonds is 4. The summed E-state index contributed by atoms with van der Waals surface area (Å²) in [6, 6.07) is 10.8. The standard InChI is InChI=1S/C36H43NO7/c1-33(2)12-6-13-34(3)27(33)11-14-35-17-22(9-10-28(34)35)36(39,18-35)19-42-32(38)24-16-26-31(44-20-43-26)30-23-8-5-4-7-21(23)15-25(29(24)30)37(40)41/h4-5,7-8,15-16,22,27-28,39-41H,6,9-14,17-20H2,1-3H3/p+1. The van der Waals surface area contributed by atoms with Crippen molar-refractivity contribution in [1.82, 2.24) is 0 Å². The van der Waals surface area contributed by atoms with E-state index in [0.29, 0.717) is 51.4 Å². The highest BCUT2D eigenvalue weighted by Gasteiger charge is 2.67. The van der Waals surface area contributed by atoms with Crippen LogP contribution in [0.2, 0.25) is 0 Å². The smallest absolute Gasteiger partial charge is 0.339 e. The van der Waals surface area contributed by atoms with E-state index in [-0.39, 0.29) is 36.0 Å². The third-order valence-corrected chi connectivity index (χ3v) is 13.0. The second kappa shape index (κ2) is 9.55. The van der Waals surface area contributed by atoms with E-state index in [4.69, 9.17) is 14.2 Å². The third kappa shape index (κ3) is 3.93. The van der Waals surface area contributed by atoms with Crippen LogP contribution >= 0.6 is 0 Å². The van der Waals surface area contributed by atoms with Gasteiger partial charge < -0.3 is 19.3 Å². The van der Waals surface area contributed by atoms with Crippen molar-refractivity contribution in [3.63, 3.8) is 0 Å². The van der Waals surface area contributed by atoms with Gasteiger partial charge in [-0.25, -0.2) is 4.79 Å². The molecule has 3 aromatic rings. The van der Waals surface area contributed by atoms with Gasteiger partial charge in [-0.1, -0.05) is 51.5 Å². The third-order valence-electron chi connectivity index (χ3n) is 13.0. The molecule has 8 rings (SSSR count). The fourth-order valence-electron chi connectivity index (χ4n) is 11.4. The maximum atomic E-state index is 13.9. The molecule has 8 heteroatoms. The minimum absolute atomic E-state index is 0.00203. The van der Waals surface area contributed by atoms with Gasteiger partial charge in [-0.2, -0.15) is 10.4 Å². The number of ether oxygens (including phenoxy) is 3. The van der Waals surface area contributed by atoms with Crippen molar-refractivity contribution in [2.24, 2.45) is 34.0 Å². The largest absolute Gasteiger partial charge is 0.459 e. The fourth-order valence-corrected chi connectivity index (χ4v) is 11.4. The molecule has 8 nitrogen and oxygen atoms in total. The fraction of sp³-hybridized carbons (Fsp3) is 0.583. The molecule has 6 atom stereocenters. The molecule has 3 aromatic carbocycles. The number of quaternary nitrogens is 1. The van der Waals surface area contributed by atoms with Gasteiger partial charge in [-0.05, 0) is 107 Å². The highest BCUT2D eigenvalue weighted by Crippen LogP contribution is 2.72. The molecule has 4 fully saturated rings. The number of aliphatic hydroxyl groups is 1. The van der Waals surface area contributed by atoms with Crippen LogP contribution in [0.25, 0.3) is 21.5 Å². The lowest BCUT2D eigenvalue weighted by Gasteiger charge is -2.64. The van der Waals surface area contributed by atoms with Gasteiger partial charge in [0.2, 0.25) is 12.5 Å². The van der Waals surface area contributed by atoms with Crippen molar-refractivity contribution in [1.29, 1.82) is 0 Å². The first kappa shape index (κ1) is 28.6. The number of esters is 1. The monoisotopic (exact) mass is 602 g/mol. The Morgan fingerprint density at radius 2 is 1.82 bits per heavy atom. The Morgan fingerprint density at radius 3 is 2.64 bits per heavy atom. The summed E-state index contributed by atoms with van der Waals surface area (Å²) in [6.07, 6.45) is 9.98. The minimum Gasteiger partial charge on any atom is -0.459 e. The molecule has 44 heavy (non-hydrogen) atoms. The zero-order valence-corrected chi connectivity index (χ0v) is 25.9. The van der Waals surface area contributed by atoms with Crippen molar-refractivity contribution in [2.75, 3.05) is 13.4 Å². The molecule has 0 radical (unpaired) electrons. The van der Waals surface area contributed by atoms with Gasteiger partial charge in [0.1, 0.15) is 12.2 Å². The van der Waals surface area contributed by atoms with E-state index in [2.05, 4.69) is 20.8 Å². The van der Waals surface area contributed by atoms with Crippen LogP contribution in [0.5, 0.6) is 11.5 Å². The van der Waals surface area contributed by atoms with Gasteiger partial charge in [0.15, 0.2) is 11.5 Å². The van der Waals surface area contributed by atoms with E-state index in [1.807, 2.05) is 24.3 Å². The molecule has 5 aliphatic rings. The molecule has 234 valence electrons. The van der Waals surface area contributed by atoms with Crippen molar-refractivity contribution in [3.8, 4) is 11.5 Å². The predicted molar refractivity (Wildman–Crippen MR) is 163 cm³/mol. The SMILES string of the molecule is CC1(C)CCCC2(C)C1CCC13CC(CCC12)C(O)(COC(=O)c1cc2c(c4c1c([NH+](O)O)cc1ccccc14)OCO2)C3. The van der Waals surface area contributed by atoms with Crippen molar-refractivity contribution >= 4 is 33.2 Å². The molecule has 0 saturated heterocycles. The zero-order valence-electron chi connectivity index (χ0n) is 25.9. The van der Waals surface area contributed by atoms with Crippen LogP contribution in [0.3, 0.4) is 0 Å². The Morgan fingerprint density at radius 1 is 1.00 bits per heavy atom. The van der Waals surface area contributed by atoms with Crippen molar-refractivity contribution in [3.05, 3.63) is 42.0 Å². The van der Waals surface area contributed by atoms with Gasteiger partial charge >= 0.3 is 5.97 Å². The maximum absolute atomic E-state index is 13.9. The molecule has 4 N–H and O–H groups in total. The molecular weight excluding hydrogens is 558 g/mol. The average Bonchev–Trinajstić information content (AvgIpc) is 3.54. The van der Waals surface area contributed by atoms with Crippen LogP contribution in [0, 0.1) is 34.0 Å². The summed E-state index contributed by atoms with van der Waals surface area (Å²) in [5, 5.41) is 34.5. The molecule has 0 aromatic heterocycles. The number of fused-ring (bicyclic) bond motifs is 8. The highest BCUT2D eigenvalue weighted by atomic mass is 16.8. The Balaban J connectivity index is 1.12. The average molecular weight is 603 g/mol. The van der Waals surface area contributed by atoms with Crippen LogP contribution < -0.4 is 14.7 Å². The van der Waals surface area contributed by atoms with E-state index in [1.54, 1.807) is 12.1 Å². The molecule has 1 spiro atoms. The quantitative estimate of drug-likeness (QED) is 0.157. The normalized spacial score (nSPS) is 35.1.